The molecule has 290 valence electrons. The molecule has 0 radical (unpaired) electrons. The highest BCUT2D eigenvalue weighted by Crippen LogP contribution is 2.55. The summed E-state index contributed by atoms with van der Waals surface area (Å²) in [7, 11) is 0. The van der Waals surface area contributed by atoms with Crippen LogP contribution in [-0.4, -0.2) is 11.3 Å². The number of para-hydroxylation sites is 2. The summed E-state index contributed by atoms with van der Waals surface area (Å²) in [5.74, 6) is 0. The molecule has 4 aliphatic rings. The van der Waals surface area contributed by atoms with Gasteiger partial charge in [-0.1, -0.05) is 149 Å². The van der Waals surface area contributed by atoms with Crippen molar-refractivity contribution >= 4 is 89.4 Å². The van der Waals surface area contributed by atoms with E-state index in [-0.39, 0.29) is 17.7 Å². The predicted molar refractivity (Wildman–Crippen MR) is 260 cm³/mol. The molecule has 0 N–H and O–H groups in total. The SMILES string of the molecule is CC1(C)c2ccccc2-c2cc(N3c4cc5c(cc4B4c6c3cc3c(oc7ccccc73)c6-c3cccc6c7cc8ccccc8cc7n4c36)C(C)(C)c3ccccc3-5)ccc21. The average Bonchev–Trinajstić information content (AvgIpc) is 3.97. The number of hydrogen-bond acceptors (Lipinski definition) is 2. The Morgan fingerprint density at radius 2 is 1.11 bits per heavy atom. The molecular formula is C58H39BN2O. The molecule has 2 aromatic heterocycles. The first-order chi connectivity index (χ1) is 30.3. The molecule has 11 aromatic rings. The standard InChI is InChI=1S/C58H39BN2O/c1-57(2)44-21-10-7-16-35(44)40-28-34(24-25-46(40)57)60-50-29-41-36-17-8-11-22-45(36)58(3,4)47(41)31-48(50)59-54-51(60)30-43-37-18-9-12-23-52(37)62-56(43)53(54)39-20-13-19-38-42-26-32-14-5-6-15-33(32)27-49(42)61(59)55(38)39/h5-31H,1-4H3. The van der Waals surface area contributed by atoms with Gasteiger partial charge in [0.15, 0.2) is 0 Å². The van der Waals surface area contributed by atoms with Crippen molar-refractivity contribution in [2.75, 3.05) is 4.90 Å². The van der Waals surface area contributed by atoms with Crippen LogP contribution in [0.4, 0.5) is 17.1 Å². The van der Waals surface area contributed by atoms with Crippen LogP contribution in [0.3, 0.4) is 0 Å². The Morgan fingerprint density at radius 1 is 0.468 bits per heavy atom. The van der Waals surface area contributed by atoms with E-state index in [0.717, 1.165) is 21.9 Å². The van der Waals surface area contributed by atoms with Crippen LogP contribution in [0, 0.1) is 0 Å². The smallest absolute Gasteiger partial charge is 0.333 e. The fourth-order valence-electron chi connectivity index (χ4n) is 12.7. The van der Waals surface area contributed by atoms with Gasteiger partial charge in [-0.15, -0.1) is 0 Å². The van der Waals surface area contributed by atoms with Crippen molar-refractivity contribution < 1.29 is 4.42 Å². The minimum absolute atomic E-state index is 0.0893. The number of anilines is 3. The maximum absolute atomic E-state index is 7.08. The van der Waals surface area contributed by atoms with E-state index in [1.165, 1.54) is 116 Å². The van der Waals surface area contributed by atoms with E-state index in [4.69, 9.17) is 4.42 Å². The zero-order valence-electron chi connectivity index (χ0n) is 35.0. The fraction of sp³-hybridized carbons (Fsp3) is 0.103. The van der Waals surface area contributed by atoms with Gasteiger partial charge in [0.05, 0.1) is 0 Å². The number of rotatable bonds is 1. The van der Waals surface area contributed by atoms with Crippen molar-refractivity contribution in [3.63, 3.8) is 0 Å². The van der Waals surface area contributed by atoms with E-state index in [9.17, 15) is 0 Å². The number of furan rings is 1. The lowest BCUT2D eigenvalue weighted by Crippen LogP contribution is -2.57. The van der Waals surface area contributed by atoms with Gasteiger partial charge in [0, 0.05) is 71.6 Å². The van der Waals surface area contributed by atoms with Crippen LogP contribution in [0.15, 0.2) is 168 Å². The summed E-state index contributed by atoms with van der Waals surface area (Å²) in [6.07, 6.45) is 0. The van der Waals surface area contributed by atoms with E-state index in [2.05, 4.69) is 201 Å². The second-order valence-electron chi connectivity index (χ2n) is 19.2. The fourth-order valence-corrected chi connectivity index (χ4v) is 12.7. The Bertz CT molecular complexity index is 3900. The van der Waals surface area contributed by atoms with Gasteiger partial charge >= 0.3 is 6.85 Å². The van der Waals surface area contributed by atoms with Crippen molar-refractivity contribution in [2.45, 2.75) is 38.5 Å². The Balaban J connectivity index is 1.14. The third-order valence-electron chi connectivity index (χ3n) is 15.5. The third kappa shape index (κ3) is 3.83. The van der Waals surface area contributed by atoms with Crippen LogP contribution in [0.25, 0.3) is 87.9 Å². The zero-order valence-corrected chi connectivity index (χ0v) is 35.0. The highest BCUT2D eigenvalue weighted by Gasteiger charge is 2.47. The first-order valence-corrected chi connectivity index (χ1v) is 22.0. The van der Waals surface area contributed by atoms with E-state index in [0.29, 0.717) is 0 Å². The molecule has 15 rings (SSSR count). The molecule has 4 heterocycles. The van der Waals surface area contributed by atoms with Crippen LogP contribution in [0.1, 0.15) is 49.9 Å². The van der Waals surface area contributed by atoms with Crippen molar-refractivity contribution in [1.29, 1.82) is 0 Å². The van der Waals surface area contributed by atoms with E-state index < -0.39 is 0 Å². The normalized spacial score (nSPS) is 15.6. The second-order valence-corrected chi connectivity index (χ2v) is 19.2. The van der Waals surface area contributed by atoms with E-state index in [1.807, 2.05) is 0 Å². The van der Waals surface area contributed by atoms with Gasteiger partial charge in [-0.05, 0) is 109 Å². The molecule has 0 amide bonds. The highest BCUT2D eigenvalue weighted by atomic mass is 16.3. The van der Waals surface area contributed by atoms with Gasteiger partial charge in [-0.25, -0.2) is 0 Å². The maximum atomic E-state index is 7.08. The number of hydrogen-bond donors (Lipinski definition) is 0. The van der Waals surface area contributed by atoms with E-state index in [1.54, 1.807) is 0 Å². The summed E-state index contributed by atoms with van der Waals surface area (Å²) in [5, 5.41) is 7.37. The number of benzene rings is 9. The molecular weight excluding hydrogens is 751 g/mol. The minimum Gasteiger partial charge on any atom is -0.455 e. The number of fused-ring (bicyclic) bond motifs is 18. The lowest BCUT2D eigenvalue weighted by atomic mass is 9.44. The maximum Gasteiger partial charge on any atom is 0.333 e. The second kappa shape index (κ2) is 11.0. The molecule has 0 bridgehead atoms. The molecule has 0 saturated heterocycles. The van der Waals surface area contributed by atoms with Gasteiger partial charge in [0.25, 0.3) is 0 Å². The Kier molecular flexibility index (Phi) is 5.91. The molecule has 0 unspecified atom stereocenters. The van der Waals surface area contributed by atoms with Crippen molar-refractivity contribution in [3.05, 3.63) is 186 Å². The molecule has 3 nitrogen and oxygen atoms in total. The van der Waals surface area contributed by atoms with Crippen LogP contribution < -0.4 is 15.8 Å². The lowest BCUT2D eigenvalue weighted by Gasteiger charge is -2.41. The molecule has 2 aliphatic carbocycles. The predicted octanol–water partition coefficient (Wildman–Crippen LogP) is 13.9. The van der Waals surface area contributed by atoms with Crippen LogP contribution >= 0.6 is 0 Å². The molecule has 0 fully saturated rings. The van der Waals surface area contributed by atoms with Gasteiger partial charge < -0.3 is 13.8 Å². The first kappa shape index (κ1) is 33.4. The largest absolute Gasteiger partial charge is 0.455 e. The quantitative estimate of drug-likeness (QED) is 0.154. The summed E-state index contributed by atoms with van der Waals surface area (Å²) >= 11 is 0. The topological polar surface area (TPSA) is 21.3 Å². The Labute approximate surface area is 359 Å². The van der Waals surface area contributed by atoms with Gasteiger partial charge in [-0.3, -0.25) is 0 Å². The number of aromatic nitrogens is 1. The Hall–Kier alpha value is -7.30. The summed E-state index contributed by atoms with van der Waals surface area (Å²) < 4.78 is 9.78. The Morgan fingerprint density at radius 3 is 1.92 bits per heavy atom. The summed E-state index contributed by atoms with van der Waals surface area (Å²) in [6, 6.07) is 62.2. The van der Waals surface area contributed by atoms with Crippen molar-refractivity contribution in [2.24, 2.45) is 0 Å². The van der Waals surface area contributed by atoms with Gasteiger partial charge in [0.2, 0.25) is 0 Å². The summed E-state index contributed by atoms with van der Waals surface area (Å²) in [6.45, 7) is 9.45. The third-order valence-corrected chi connectivity index (χ3v) is 15.5. The van der Waals surface area contributed by atoms with Crippen molar-refractivity contribution in [1.82, 2.24) is 4.48 Å². The van der Waals surface area contributed by atoms with Crippen LogP contribution in [0.2, 0.25) is 0 Å². The molecule has 9 aromatic carbocycles. The van der Waals surface area contributed by atoms with E-state index >= 15 is 0 Å². The molecule has 0 atom stereocenters. The van der Waals surface area contributed by atoms with Gasteiger partial charge in [-0.2, -0.15) is 0 Å². The molecule has 4 heteroatoms. The lowest BCUT2D eigenvalue weighted by molar-refractivity contribution is 0.660. The number of nitrogens with zero attached hydrogens (tertiary/aromatic N) is 2. The molecule has 2 aliphatic heterocycles. The molecule has 0 saturated carbocycles. The zero-order chi connectivity index (χ0) is 41.0. The minimum atomic E-state index is -0.169. The summed E-state index contributed by atoms with van der Waals surface area (Å²) in [4.78, 5) is 2.61. The van der Waals surface area contributed by atoms with Crippen LogP contribution in [-0.2, 0) is 10.8 Å². The average molecular weight is 791 g/mol. The van der Waals surface area contributed by atoms with Crippen LogP contribution in [0.5, 0.6) is 0 Å². The highest BCUT2D eigenvalue weighted by molar-refractivity contribution is 6.90. The van der Waals surface area contributed by atoms with Gasteiger partial charge in [0.1, 0.15) is 11.2 Å². The summed E-state index contributed by atoms with van der Waals surface area (Å²) in [5.41, 5.74) is 23.6. The first-order valence-electron chi connectivity index (χ1n) is 22.0. The van der Waals surface area contributed by atoms with Crippen molar-refractivity contribution in [3.8, 4) is 33.4 Å². The monoisotopic (exact) mass is 790 g/mol. The molecule has 0 spiro atoms. The molecule has 62 heavy (non-hydrogen) atoms.